The molecule has 0 bridgehead atoms. The number of carboxylic acid groups (broad SMARTS) is 1. The Morgan fingerprint density at radius 2 is 1.59 bits per heavy atom. The fraction of sp³-hybridized carbons (Fsp3) is 0.185. The Kier molecular flexibility index (Phi) is 8.65. The zero-order valence-electron chi connectivity index (χ0n) is 20.4. The van der Waals surface area contributed by atoms with Crippen LogP contribution in [0.15, 0.2) is 60.7 Å². The lowest BCUT2D eigenvalue weighted by Crippen LogP contribution is -2.53. The number of nitrogens with one attached hydrogen (secondary N) is 2. The topological polar surface area (TPSA) is 136 Å². The van der Waals surface area contributed by atoms with Crippen molar-refractivity contribution in [3.8, 4) is 5.75 Å². The molecule has 0 aromatic heterocycles. The highest BCUT2D eigenvalue weighted by Crippen LogP contribution is 2.21. The molecule has 0 spiro atoms. The number of hydrogen-bond acceptors (Lipinski definition) is 6. The zero-order chi connectivity index (χ0) is 27.3. The van der Waals surface area contributed by atoms with E-state index in [-0.39, 0.29) is 34.0 Å². The third kappa shape index (κ3) is 6.93. The highest BCUT2D eigenvalue weighted by molar-refractivity contribution is 6.34. The number of aromatic hydroxyl groups is 1. The van der Waals surface area contributed by atoms with E-state index in [1.807, 2.05) is 6.07 Å². The quantitative estimate of drug-likeness (QED) is 0.260. The molecule has 3 amide bonds. The van der Waals surface area contributed by atoms with Crippen LogP contribution in [-0.2, 0) is 11.3 Å². The van der Waals surface area contributed by atoms with Gasteiger partial charge in [0.25, 0.3) is 17.7 Å². The molecule has 0 saturated heterocycles. The number of phenolic OH excluding ortho intramolecular Hbond substituents is 1. The van der Waals surface area contributed by atoms with Gasteiger partial charge in [-0.2, -0.15) is 0 Å². The molecule has 0 unspecified atom stereocenters. The molecular weight excluding hydrogens is 498 g/mol. The number of hydrogen-bond donors (Lipinski definition) is 4. The summed E-state index contributed by atoms with van der Waals surface area (Å²) in [4.78, 5) is 50.7. The molecule has 192 valence electrons. The molecule has 0 radical (unpaired) electrons. The third-order valence-electron chi connectivity index (χ3n) is 5.39. The minimum absolute atomic E-state index is 0.0726. The lowest BCUT2D eigenvalue weighted by Gasteiger charge is -2.24. The Morgan fingerprint density at radius 1 is 0.919 bits per heavy atom. The number of hydrazine groups is 1. The van der Waals surface area contributed by atoms with Gasteiger partial charge in [0.05, 0.1) is 10.6 Å². The van der Waals surface area contributed by atoms with E-state index in [0.29, 0.717) is 10.6 Å². The maximum Gasteiger partial charge on any atom is 0.322 e. The van der Waals surface area contributed by atoms with Gasteiger partial charge in [0.2, 0.25) is 0 Å². The predicted molar refractivity (Wildman–Crippen MR) is 137 cm³/mol. The highest BCUT2D eigenvalue weighted by atomic mass is 35.5. The van der Waals surface area contributed by atoms with Crippen molar-refractivity contribution in [2.75, 3.05) is 0 Å². The van der Waals surface area contributed by atoms with E-state index in [9.17, 15) is 29.4 Å². The van der Waals surface area contributed by atoms with Crippen LogP contribution < -0.4 is 10.7 Å². The summed E-state index contributed by atoms with van der Waals surface area (Å²) in [5, 5.41) is 22.1. The largest absolute Gasteiger partial charge is 0.508 e. The van der Waals surface area contributed by atoms with Gasteiger partial charge >= 0.3 is 5.97 Å². The molecule has 0 aliphatic rings. The summed E-state index contributed by atoms with van der Waals surface area (Å²) in [6, 6.07) is 14.1. The van der Waals surface area contributed by atoms with Crippen LogP contribution in [-0.4, -0.2) is 45.0 Å². The first-order valence-corrected chi connectivity index (χ1v) is 11.7. The van der Waals surface area contributed by atoms with Crippen molar-refractivity contribution < 1.29 is 29.4 Å². The lowest BCUT2D eigenvalue weighted by molar-refractivity contribution is -0.139. The summed E-state index contributed by atoms with van der Waals surface area (Å²) in [6.45, 7) is 5.04. The standard InChI is InChI=1S/C27H26ClN3O6/c1-15-9-16(2)11-20(10-15)25(34)31(30-17(3)27(36)37)26(35)22-8-7-19(13-23(22)28)24(33)29-14-18-5-4-6-21(32)12-18/h4-13,17,30,32H,14H2,1-3H3,(H,29,33)(H,36,37)/t17-/m0/s1. The lowest BCUT2D eigenvalue weighted by atomic mass is 10.1. The number of nitrogens with zero attached hydrogens (tertiary/aromatic N) is 1. The van der Waals surface area contributed by atoms with Gasteiger partial charge in [0.15, 0.2) is 0 Å². The van der Waals surface area contributed by atoms with Crippen molar-refractivity contribution in [1.82, 2.24) is 15.8 Å². The first-order valence-electron chi connectivity index (χ1n) is 11.3. The van der Waals surface area contributed by atoms with Crippen LogP contribution in [0.5, 0.6) is 5.75 Å². The van der Waals surface area contributed by atoms with Gasteiger partial charge in [-0.25, -0.2) is 10.4 Å². The maximum atomic E-state index is 13.4. The molecule has 1 atom stereocenters. The van der Waals surface area contributed by atoms with Crippen molar-refractivity contribution in [1.29, 1.82) is 0 Å². The second kappa shape index (κ2) is 11.7. The maximum absolute atomic E-state index is 13.4. The number of carboxylic acids is 1. The normalized spacial score (nSPS) is 11.5. The molecule has 0 fully saturated rings. The van der Waals surface area contributed by atoms with E-state index in [1.165, 1.54) is 37.3 Å². The van der Waals surface area contributed by atoms with Crippen LogP contribution in [0.25, 0.3) is 0 Å². The van der Waals surface area contributed by atoms with Gasteiger partial charge in [-0.3, -0.25) is 19.2 Å². The van der Waals surface area contributed by atoms with Gasteiger partial charge in [-0.15, -0.1) is 0 Å². The van der Waals surface area contributed by atoms with Crippen molar-refractivity contribution in [2.45, 2.75) is 33.4 Å². The molecule has 4 N–H and O–H groups in total. The van der Waals surface area contributed by atoms with Crippen LogP contribution in [0.3, 0.4) is 0 Å². The second-order valence-electron chi connectivity index (χ2n) is 8.56. The first kappa shape index (κ1) is 27.4. The van der Waals surface area contributed by atoms with E-state index in [0.717, 1.165) is 11.1 Å². The molecule has 0 heterocycles. The van der Waals surface area contributed by atoms with Crippen molar-refractivity contribution in [3.05, 3.63) is 99.1 Å². The average molecular weight is 524 g/mol. The Labute approximate surface area is 218 Å². The van der Waals surface area contributed by atoms with Crippen molar-refractivity contribution in [2.24, 2.45) is 0 Å². The molecule has 0 aliphatic carbocycles. The van der Waals surface area contributed by atoms with E-state index in [1.54, 1.807) is 38.1 Å². The molecule has 3 aromatic carbocycles. The number of benzene rings is 3. The summed E-state index contributed by atoms with van der Waals surface area (Å²) in [5.74, 6) is -3.30. The SMILES string of the molecule is Cc1cc(C)cc(C(=O)N(N[C@@H](C)C(=O)O)C(=O)c2ccc(C(=O)NCc3cccc(O)c3)cc2Cl)c1. The van der Waals surface area contributed by atoms with Gasteiger partial charge in [0, 0.05) is 17.7 Å². The summed E-state index contributed by atoms with van der Waals surface area (Å²) in [5.41, 5.74) is 4.96. The minimum Gasteiger partial charge on any atom is -0.508 e. The molecule has 3 rings (SSSR count). The summed E-state index contributed by atoms with van der Waals surface area (Å²) >= 11 is 6.33. The smallest absolute Gasteiger partial charge is 0.322 e. The molecule has 0 saturated carbocycles. The molecule has 37 heavy (non-hydrogen) atoms. The fourth-order valence-corrected chi connectivity index (χ4v) is 3.85. The number of aryl methyl sites for hydroxylation is 2. The molecule has 10 heteroatoms. The van der Waals surface area contributed by atoms with Gasteiger partial charge in [-0.1, -0.05) is 40.9 Å². The number of imide groups is 1. The summed E-state index contributed by atoms with van der Waals surface area (Å²) in [7, 11) is 0. The third-order valence-corrected chi connectivity index (χ3v) is 5.71. The van der Waals surface area contributed by atoms with Crippen LogP contribution in [0.1, 0.15) is 54.7 Å². The Balaban J connectivity index is 1.85. The Hall–Kier alpha value is -4.21. The summed E-state index contributed by atoms with van der Waals surface area (Å²) in [6.07, 6.45) is 0. The monoisotopic (exact) mass is 523 g/mol. The predicted octanol–water partition coefficient (Wildman–Crippen LogP) is 3.85. The Bertz CT molecular complexity index is 1350. The second-order valence-corrected chi connectivity index (χ2v) is 8.97. The number of amides is 3. The van der Waals surface area contributed by atoms with Crippen molar-refractivity contribution in [3.63, 3.8) is 0 Å². The molecular formula is C27H26ClN3O6. The van der Waals surface area contributed by atoms with E-state index in [2.05, 4.69) is 10.7 Å². The first-order chi connectivity index (χ1) is 17.5. The molecule has 3 aromatic rings. The molecule has 9 nitrogen and oxygen atoms in total. The van der Waals surface area contributed by atoms with Gasteiger partial charge < -0.3 is 15.5 Å². The van der Waals surface area contributed by atoms with E-state index < -0.39 is 29.7 Å². The van der Waals surface area contributed by atoms with Crippen LogP contribution in [0.2, 0.25) is 5.02 Å². The number of phenols is 1. The fourth-order valence-electron chi connectivity index (χ4n) is 3.59. The molecule has 0 aliphatic heterocycles. The number of halogens is 1. The van der Waals surface area contributed by atoms with E-state index in [4.69, 9.17) is 11.6 Å². The van der Waals surface area contributed by atoms with Crippen molar-refractivity contribution >= 4 is 35.3 Å². The zero-order valence-corrected chi connectivity index (χ0v) is 21.2. The van der Waals surface area contributed by atoms with Gasteiger partial charge in [-0.05, 0) is 68.8 Å². The number of rotatable bonds is 8. The van der Waals surface area contributed by atoms with Gasteiger partial charge in [0.1, 0.15) is 11.8 Å². The Morgan fingerprint density at radius 3 is 2.19 bits per heavy atom. The van der Waals surface area contributed by atoms with E-state index >= 15 is 0 Å². The average Bonchev–Trinajstić information content (AvgIpc) is 2.84. The minimum atomic E-state index is -1.27. The van der Waals surface area contributed by atoms with Crippen LogP contribution in [0.4, 0.5) is 0 Å². The number of carbonyl (C=O) groups is 4. The number of carbonyl (C=O) groups excluding carboxylic acids is 3. The highest BCUT2D eigenvalue weighted by Gasteiger charge is 2.29. The summed E-state index contributed by atoms with van der Waals surface area (Å²) < 4.78 is 0. The van der Waals surface area contributed by atoms with Crippen LogP contribution in [0, 0.1) is 13.8 Å². The number of aliphatic carboxylic acids is 1. The van der Waals surface area contributed by atoms with Crippen LogP contribution >= 0.6 is 11.6 Å².